The van der Waals surface area contributed by atoms with E-state index in [4.69, 9.17) is 0 Å². The second kappa shape index (κ2) is 7.47. The zero-order chi connectivity index (χ0) is 16.2. The number of carbonyl (C=O) groups is 2. The Bertz CT molecular complexity index is 555. The molecule has 1 aromatic rings. The molecule has 1 saturated carbocycles. The normalized spacial score (nSPS) is 19.3. The summed E-state index contributed by atoms with van der Waals surface area (Å²) in [5.74, 6) is 1.15. The van der Waals surface area contributed by atoms with Crippen molar-refractivity contribution in [2.45, 2.75) is 45.4 Å². The van der Waals surface area contributed by atoms with Gasteiger partial charge in [0.2, 0.25) is 5.91 Å². The molecule has 1 aliphatic carbocycles. The van der Waals surface area contributed by atoms with Crippen LogP contribution in [0, 0.1) is 12.8 Å². The lowest BCUT2D eigenvalue weighted by Gasteiger charge is -2.34. The van der Waals surface area contributed by atoms with Gasteiger partial charge in [0, 0.05) is 37.5 Å². The Morgan fingerprint density at radius 1 is 1.09 bits per heavy atom. The molecule has 2 aliphatic rings. The summed E-state index contributed by atoms with van der Waals surface area (Å²) in [6, 6.07) is 3.89. The van der Waals surface area contributed by atoms with Crippen molar-refractivity contribution < 1.29 is 9.59 Å². The molecule has 2 fully saturated rings. The van der Waals surface area contributed by atoms with Gasteiger partial charge in [-0.1, -0.05) is 25.7 Å². The van der Waals surface area contributed by atoms with Crippen molar-refractivity contribution in [3.8, 4) is 0 Å². The summed E-state index contributed by atoms with van der Waals surface area (Å²) < 4.78 is 0. The number of hydrogen-bond acceptors (Lipinski definition) is 3. The smallest absolute Gasteiger partial charge is 0.264 e. The van der Waals surface area contributed by atoms with Crippen LogP contribution in [0.1, 0.15) is 53.1 Å². The third kappa shape index (κ3) is 4.14. The largest absolute Gasteiger partial charge is 0.339 e. The van der Waals surface area contributed by atoms with Crippen LogP contribution in [0.3, 0.4) is 0 Å². The summed E-state index contributed by atoms with van der Waals surface area (Å²) in [6.07, 6.45) is 7.00. The standard InChI is InChI=1S/C18H26N2O2S/c1-14-6-8-16(23-14)18(22)20-12-10-19(11-13-20)17(21)9-7-15-4-2-3-5-15/h6,8,15H,2-5,7,9-13H2,1H3. The topological polar surface area (TPSA) is 40.6 Å². The average Bonchev–Trinajstić information content (AvgIpc) is 3.23. The van der Waals surface area contributed by atoms with Gasteiger partial charge in [-0.2, -0.15) is 0 Å². The fourth-order valence-corrected chi connectivity index (χ4v) is 4.48. The van der Waals surface area contributed by atoms with E-state index in [0.29, 0.717) is 32.6 Å². The van der Waals surface area contributed by atoms with Crippen molar-refractivity contribution in [1.29, 1.82) is 0 Å². The molecule has 0 spiro atoms. The van der Waals surface area contributed by atoms with Gasteiger partial charge in [-0.25, -0.2) is 0 Å². The second-order valence-electron chi connectivity index (χ2n) is 6.77. The van der Waals surface area contributed by atoms with Crippen LogP contribution in [0.25, 0.3) is 0 Å². The minimum atomic E-state index is 0.112. The molecule has 0 bridgehead atoms. The first kappa shape index (κ1) is 16.5. The van der Waals surface area contributed by atoms with Gasteiger partial charge in [0.25, 0.3) is 5.91 Å². The molecule has 4 nitrogen and oxygen atoms in total. The highest BCUT2D eigenvalue weighted by atomic mass is 32.1. The summed E-state index contributed by atoms with van der Waals surface area (Å²) in [4.78, 5) is 30.5. The van der Waals surface area contributed by atoms with Gasteiger partial charge in [0.15, 0.2) is 0 Å². The van der Waals surface area contributed by atoms with E-state index in [1.54, 1.807) is 11.3 Å². The van der Waals surface area contributed by atoms with E-state index >= 15 is 0 Å². The van der Waals surface area contributed by atoms with Crippen molar-refractivity contribution in [3.05, 3.63) is 21.9 Å². The van der Waals surface area contributed by atoms with Crippen molar-refractivity contribution >= 4 is 23.2 Å². The summed E-state index contributed by atoms with van der Waals surface area (Å²) in [6.45, 7) is 4.69. The van der Waals surface area contributed by atoms with Crippen LogP contribution in [-0.4, -0.2) is 47.8 Å². The SMILES string of the molecule is Cc1ccc(C(=O)N2CCN(C(=O)CCC3CCCC3)CC2)s1. The van der Waals surface area contributed by atoms with Gasteiger partial charge in [-0.05, 0) is 31.4 Å². The lowest BCUT2D eigenvalue weighted by Crippen LogP contribution is -2.50. The molecule has 0 aromatic carbocycles. The van der Waals surface area contributed by atoms with Gasteiger partial charge in [-0.15, -0.1) is 11.3 Å². The monoisotopic (exact) mass is 334 g/mol. The van der Waals surface area contributed by atoms with Crippen molar-refractivity contribution in [2.24, 2.45) is 5.92 Å². The molecule has 1 aromatic heterocycles. The lowest BCUT2D eigenvalue weighted by molar-refractivity contribution is -0.133. The molecule has 1 saturated heterocycles. The highest BCUT2D eigenvalue weighted by molar-refractivity contribution is 7.13. The third-order valence-electron chi connectivity index (χ3n) is 5.11. The molecular weight excluding hydrogens is 308 g/mol. The molecule has 2 amide bonds. The highest BCUT2D eigenvalue weighted by Gasteiger charge is 2.26. The van der Waals surface area contributed by atoms with E-state index in [1.807, 2.05) is 28.9 Å². The molecule has 0 atom stereocenters. The molecule has 0 radical (unpaired) electrons. The molecular formula is C18H26N2O2S. The minimum Gasteiger partial charge on any atom is -0.339 e. The van der Waals surface area contributed by atoms with Crippen LogP contribution in [0.15, 0.2) is 12.1 Å². The average molecular weight is 334 g/mol. The third-order valence-corrected chi connectivity index (χ3v) is 6.10. The Morgan fingerprint density at radius 2 is 1.74 bits per heavy atom. The number of nitrogens with zero attached hydrogens (tertiary/aromatic N) is 2. The first-order valence-electron chi connectivity index (χ1n) is 8.77. The quantitative estimate of drug-likeness (QED) is 0.847. The lowest BCUT2D eigenvalue weighted by atomic mass is 10.0. The van der Waals surface area contributed by atoms with E-state index in [2.05, 4.69) is 0 Å². The summed E-state index contributed by atoms with van der Waals surface area (Å²) in [5, 5.41) is 0. The first-order chi connectivity index (χ1) is 11.1. The maximum Gasteiger partial charge on any atom is 0.264 e. The van der Waals surface area contributed by atoms with Gasteiger partial charge in [0.05, 0.1) is 4.88 Å². The maximum atomic E-state index is 12.4. The van der Waals surface area contributed by atoms with E-state index in [9.17, 15) is 9.59 Å². The zero-order valence-corrected chi connectivity index (χ0v) is 14.7. The molecule has 1 aliphatic heterocycles. The summed E-state index contributed by atoms with van der Waals surface area (Å²) in [5.41, 5.74) is 0. The van der Waals surface area contributed by atoms with Gasteiger partial charge < -0.3 is 9.80 Å². The molecule has 0 N–H and O–H groups in total. The van der Waals surface area contributed by atoms with Crippen LogP contribution in [0.2, 0.25) is 0 Å². The van der Waals surface area contributed by atoms with Crippen molar-refractivity contribution in [3.63, 3.8) is 0 Å². The number of rotatable bonds is 4. The van der Waals surface area contributed by atoms with Gasteiger partial charge in [0.1, 0.15) is 0 Å². The van der Waals surface area contributed by atoms with Crippen LogP contribution in [0.5, 0.6) is 0 Å². The second-order valence-corrected chi connectivity index (χ2v) is 8.06. The van der Waals surface area contributed by atoms with Gasteiger partial charge >= 0.3 is 0 Å². The molecule has 3 rings (SSSR count). The summed E-state index contributed by atoms with van der Waals surface area (Å²) >= 11 is 1.55. The Hall–Kier alpha value is -1.36. The number of hydrogen-bond donors (Lipinski definition) is 0. The number of amides is 2. The Balaban J connectivity index is 1.44. The first-order valence-corrected chi connectivity index (χ1v) is 9.58. The molecule has 2 heterocycles. The van der Waals surface area contributed by atoms with E-state index in [-0.39, 0.29) is 11.8 Å². The molecule has 126 valence electrons. The van der Waals surface area contributed by atoms with Crippen LogP contribution in [-0.2, 0) is 4.79 Å². The van der Waals surface area contributed by atoms with Crippen LogP contribution >= 0.6 is 11.3 Å². The predicted molar refractivity (Wildman–Crippen MR) is 92.7 cm³/mol. The number of thiophene rings is 1. The number of carbonyl (C=O) groups excluding carboxylic acids is 2. The predicted octanol–water partition coefficient (Wildman–Crippen LogP) is 3.31. The minimum absolute atomic E-state index is 0.112. The van der Waals surface area contributed by atoms with E-state index < -0.39 is 0 Å². The Kier molecular flexibility index (Phi) is 5.36. The van der Waals surface area contributed by atoms with Crippen LogP contribution in [0.4, 0.5) is 0 Å². The molecule has 0 unspecified atom stereocenters. The number of aryl methyl sites for hydroxylation is 1. The van der Waals surface area contributed by atoms with Crippen molar-refractivity contribution in [1.82, 2.24) is 9.80 Å². The van der Waals surface area contributed by atoms with Crippen molar-refractivity contribution in [2.75, 3.05) is 26.2 Å². The fourth-order valence-electron chi connectivity index (χ4n) is 3.65. The van der Waals surface area contributed by atoms with E-state index in [1.165, 1.54) is 25.7 Å². The van der Waals surface area contributed by atoms with Gasteiger partial charge in [-0.3, -0.25) is 9.59 Å². The highest BCUT2D eigenvalue weighted by Crippen LogP contribution is 2.28. The molecule has 5 heteroatoms. The van der Waals surface area contributed by atoms with Crippen LogP contribution < -0.4 is 0 Å². The Morgan fingerprint density at radius 3 is 2.35 bits per heavy atom. The number of piperazine rings is 1. The van der Waals surface area contributed by atoms with E-state index in [0.717, 1.165) is 22.1 Å². The fraction of sp³-hybridized carbons (Fsp3) is 0.667. The zero-order valence-electron chi connectivity index (χ0n) is 13.9. The Labute approximate surface area is 142 Å². The maximum absolute atomic E-state index is 12.4. The molecule has 23 heavy (non-hydrogen) atoms. The summed E-state index contributed by atoms with van der Waals surface area (Å²) in [7, 11) is 0.